The van der Waals surface area contributed by atoms with Gasteiger partial charge in [0.15, 0.2) is 0 Å². The van der Waals surface area contributed by atoms with Crippen molar-refractivity contribution in [3.63, 3.8) is 0 Å². The van der Waals surface area contributed by atoms with Crippen LogP contribution in [0.4, 0.5) is 0 Å². The summed E-state index contributed by atoms with van der Waals surface area (Å²) in [5.41, 5.74) is 2.41. The third-order valence-electron chi connectivity index (χ3n) is 4.30. The Balaban J connectivity index is 1.51. The number of hydrogen-bond donors (Lipinski definition) is 2. The van der Waals surface area contributed by atoms with Gasteiger partial charge in [-0.15, -0.1) is 0 Å². The van der Waals surface area contributed by atoms with Gasteiger partial charge in [0, 0.05) is 12.1 Å². The van der Waals surface area contributed by atoms with Crippen molar-refractivity contribution < 1.29 is 14.6 Å². The molecule has 4 nitrogen and oxygen atoms in total. The maximum absolute atomic E-state index is 12.2. The minimum atomic E-state index is -0.712. The number of benzene rings is 2. The molecule has 1 aliphatic carbocycles. The van der Waals surface area contributed by atoms with E-state index in [1.54, 1.807) is 12.1 Å². The predicted octanol–water partition coefficient (Wildman–Crippen LogP) is 3.25. The average molecular weight is 325 g/mol. The predicted molar refractivity (Wildman–Crippen MR) is 93.1 cm³/mol. The van der Waals surface area contributed by atoms with Gasteiger partial charge < -0.3 is 15.2 Å². The van der Waals surface area contributed by atoms with Crippen LogP contribution in [0.15, 0.2) is 48.5 Å². The second-order valence-electron chi connectivity index (χ2n) is 6.36. The van der Waals surface area contributed by atoms with Gasteiger partial charge in [-0.1, -0.05) is 24.3 Å². The molecular formula is C20H23NO3. The Bertz CT molecular complexity index is 692. The van der Waals surface area contributed by atoms with Crippen LogP contribution in [0, 0.1) is 12.8 Å². The monoisotopic (exact) mass is 325 g/mol. The molecule has 1 saturated carbocycles. The zero-order chi connectivity index (χ0) is 16.9. The molecule has 2 N–H and O–H groups in total. The van der Waals surface area contributed by atoms with E-state index in [-0.39, 0.29) is 12.5 Å². The first-order valence-corrected chi connectivity index (χ1v) is 8.38. The smallest absolute Gasteiger partial charge is 0.251 e. The van der Waals surface area contributed by atoms with Crippen LogP contribution in [0.1, 0.15) is 40.4 Å². The van der Waals surface area contributed by atoms with E-state index in [1.165, 1.54) is 12.8 Å². The molecule has 3 rings (SSSR count). The maximum Gasteiger partial charge on any atom is 0.251 e. The summed E-state index contributed by atoms with van der Waals surface area (Å²) in [5, 5.41) is 13.0. The van der Waals surface area contributed by atoms with Crippen LogP contribution in [0.2, 0.25) is 0 Å². The number of hydrogen-bond acceptors (Lipinski definition) is 3. The molecule has 0 saturated heterocycles. The lowest BCUT2D eigenvalue weighted by atomic mass is 10.0. The molecule has 1 amide bonds. The lowest BCUT2D eigenvalue weighted by Crippen LogP contribution is -2.28. The molecule has 0 aliphatic heterocycles. The number of carbonyl (C=O) groups is 1. The number of carbonyl (C=O) groups excluding carboxylic acids is 1. The van der Waals surface area contributed by atoms with Crippen molar-refractivity contribution in [1.82, 2.24) is 5.32 Å². The van der Waals surface area contributed by atoms with Gasteiger partial charge in [-0.05, 0) is 61.1 Å². The van der Waals surface area contributed by atoms with Gasteiger partial charge in [-0.3, -0.25) is 4.79 Å². The third kappa shape index (κ3) is 4.36. The molecule has 0 spiro atoms. The number of rotatable bonds is 7. The SMILES string of the molecule is Cc1ccccc1C(O)CNC(=O)c1ccc(OCC2CC2)cc1. The van der Waals surface area contributed by atoms with E-state index in [1.807, 2.05) is 43.3 Å². The molecule has 0 aromatic heterocycles. The summed E-state index contributed by atoms with van der Waals surface area (Å²) in [6, 6.07) is 14.8. The molecule has 0 radical (unpaired) electrons. The number of ether oxygens (including phenoxy) is 1. The standard InChI is InChI=1S/C20H23NO3/c1-14-4-2-3-5-18(14)19(22)12-21-20(23)16-8-10-17(11-9-16)24-13-15-6-7-15/h2-5,8-11,15,19,22H,6-7,12-13H2,1H3,(H,21,23). The highest BCUT2D eigenvalue weighted by molar-refractivity contribution is 5.94. The molecule has 0 bridgehead atoms. The molecular weight excluding hydrogens is 302 g/mol. The number of aliphatic hydroxyl groups is 1. The molecule has 1 atom stereocenters. The van der Waals surface area contributed by atoms with Gasteiger partial charge in [-0.25, -0.2) is 0 Å². The van der Waals surface area contributed by atoms with E-state index < -0.39 is 6.10 Å². The van der Waals surface area contributed by atoms with Crippen LogP contribution in [0.5, 0.6) is 5.75 Å². The van der Waals surface area contributed by atoms with Crippen molar-refractivity contribution >= 4 is 5.91 Å². The quantitative estimate of drug-likeness (QED) is 0.821. The van der Waals surface area contributed by atoms with E-state index in [9.17, 15) is 9.90 Å². The van der Waals surface area contributed by atoms with Gasteiger partial charge in [0.25, 0.3) is 5.91 Å². The fourth-order valence-corrected chi connectivity index (χ4v) is 2.56. The molecule has 24 heavy (non-hydrogen) atoms. The minimum absolute atomic E-state index is 0.184. The Morgan fingerprint density at radius 2 is 1.92 bits per heavy atom. The molecule has 0 heterocycles. The van der Waals surface area contributed by atoms with Crippen LogP contribution in [0.3, 0.4) is 0 Å². The lowest BCUT2D eigenvalue weighted by molar-refractivity contribution is 0.0916. The summed E-state index contributed by atoms with van der Waals surface area (Å²) in [5.74, 6) is 1.30. The van der Waals surface area contributed by atoms with Crippen molar-refractivity contribution in [3.05, 3.63) is 65.2 Å². The zero-order valence-corrected chi connectivity index (χ0v) is 13.9. The fraction of sp³-hybridized carbons (Fsp3) is 0.350. The summed E-state index contributed by atoms with van der Waals surface area (Å²) in [4.78, 5) is 12.2. The molecule has 2 aromatic carbocycles. The molecule has 1 unspecified atom stereocenters. The highest BCUT2D eigenvalue weighted by Gasteiger charge is 2.21. The Morgan fingerprint density at radius 1 is 1.21 bits per heavy atom. The van der Waals surface area contributed by atoms with E-state index in [4.69, 9.17) is 4.74 Å². The van der Waals surface area contributed by atoms with Gasteiger partial charge >= 0.3 is 0 Å². The van der Waals surface area contributed by atoms with E-state index >= 15 is 0 Å². The first kappa shape index (κ1) is 16.5. The Labute approximate surface area is 142 Å². The van der Waals surface area contributed by atoms with Gasteiger partial charge in [0.1, 0.15) is 5.75 Å². The highest BCUT2D eigenvalue weighted by Crippen LogP contribution is 2.29. The maximum atomic E-state index is 12.2. The van der Waals surface area contributed by atoms with Crippen LogP contribution in [-0.2, 0) is 0 Å². The Hall–Kier alpha value is -2.33. The zero-order valence-electron chi connectivity index (χ0n) is 13.9. The largest absolute Gasteiger partial charge is 0.493 e. The fourth-order valence-electron chi connectivity index (χ4n) is 2.56. The number of aryl methyl sites for hydroxylation is 1. The van der Waals surface area contributed by atoms with Crippen molar-refractivity contribution in [1.29, 1.82) is 0 Å². The van der Waals surface area contributed by atoms with Gasteiger partial charge in [0.05, 0.1) is 12.7 Å². The second kappa shape index (κ2) is 7.49. The van der Waals surface area contributed by atoms with Crippen molar-refractivity contribution in [2.24, 2.45) is 5.92 Å². The van der Waals surface area contributed by atoms with E-state index in [0.29, 0.717) is 11.5 Å². The minimum Gasteiger partial charge on any atom is -0.493 e. The summed E-state index contributed by atoms with van der Waals surface area (Å²) < 4.78 is 5.66. The first-order valence-electron chi connectivity index (χ1n) is 8.38. The van der Waals surface area contributed by atoms with E-state index in [0.717, 1.165) is 23.5 Å². The van der Waals surface area contributed by atoms with Crippen LogP contribution < -0.4 is 10.1 Å². The number of amides is 1. The van der Waals surface area contributed by atoms with Crippen LogP contribution >= 0.6 is 0 Å². The Morgan fingerprint density at radius 3 is 2.58 bits per heavy atom. The summed E-state index contributed by atoms with van der Waals surface area (Å²) in [6.45, 7) is 2.89. The van der Waals surface area contributed by atoms with Crippen LogP contribution in [0.25, 0.3) is 0 Å². The van der Waals surface area contributed by atoms with Gasteiger partial charge in [0.2, 0.25) is 0 Å². The topological polar surface area (TPSA) is 58.6 Å². The second-order valence-corrected chi connectivity index (χ2v) is 6.36. The normalized spacial score (nSPS) is 14.9. The lowest BCUT2D eigenvalue weighted by Gasteiger charge is -2.14. The van der Waals surface area contributed by atoms with Crippen molar-refractivity contribution in [3.8, 4) is 5.75 Å². The van der Waals surface area contributed by atoms with Crippen molar-refractivity contribution in [2.75, 3.05) is 13.2 Å². The summed E-state index contributed by atoms with van der Waals surface area (Å²) in [6.07, 6.45) is 1.80. The van der Waals surface area contributed by atoms with Crippen molar-refractivity contribution in [2.45, 2.75) is 25.9 Å². The molecule has 1 aliphatic rings. The number of nitrogens with one attached hydrogen (secondary N) is 1. The molecule has 4 heteroatoms. The number of aliphatic hydroxyl groups excluding tert-OH is 1. The van der Waals surface area contributed by atoms with E-state index in [2.05, 4.69) is 5.32 Å². The third-order valence-corrected chi connectivity index (χ3v) is 4.30. The summed E-state index contributed by atoms with van der Waals surface area (Å²) in [7, 11) is 0. The summed E-state index contributed by atoms with van der Waals surface area (Å²) >= 11 is 0. The van der Waals surface area contributed by atoms with Gasteiger partial charge in [-0.2, -0.15) is 0 Å². The molecule has 2 aromatic rings. The van der Waals surface area contributed by atoms with Crippen LogP contribution in [-0.4, -0.2) is 24.2 Å². The average Bonchev–Trinajstić information content (AvgIpc) is 3.43. The molecule has 126 valence electrons. The Kier molecular flexibility index (Phi) is 5.16. The first-order chi connectivity index (χ1) is 11.6. The molecule has 1 fully saturated rings. The highest BCUT2D eigenvalue weighted by atomic mass is 16.5.